The molecule has 4 heteroatoms. The molecule has 0 fully saturated rings. The fraction of sp³-hybridized carbons (Fsp3) is 0.867. The maximum atomic E-state index is 12.1. The van der Waals surface area contributed by atoms with Gasteiger partial charge in [0.05, 0.1) is 10.5 Å². The summed E-state index contributed by atoms with van der Waals surface area (Å²) in [5.74, 6) is 0.801. The monoisotopic (exact) mass is 289 g/mol. The smallest absolute Gasteiger partial charge is 0.155 e. The Morgan fingerprint density at radius 2 is 1.74 bits per heavy atom. The topological polar surface area (TPSA) is 46.2 Å². The minimum absolute atomic E-state index is 0.173. The molecule has 0 saturated heterocycles. The molecule has 0 saturated carbocycles. The van der Waals surface area contributed by atoms with Crippen molar-refractivity contribution in [1.29, 1.82) is 0 Å². The second kappa shape index (κ2) is 6.89. The van der Waals surface area contributed by atoms with E-state index in [1.54, 1.807) is 20.8 Å². The van der Waals surface area contributed by atoms with Gasteiger partial charge in [0.1, 0.15) is 0 Å². The molecule has 0 aliphatic carbocycles. The fourth-order valence-corrected chi connectivity index (χ4v) is 2.93. The van der Waals surface area contributed by atoms with Gasteiger partial charge in [0.15, 0.2) is 9.84 Å². The third-order valence-electron chi connectivity index (χ3n) is 3.45. The Bertz CT molecular complexity index is 379. The number of hydrogen-bond donors (Lipinski definition) is 1. The Kier molecular flexibility index (Phi) is 6.76. The first-order chi connectivity index (χ1) is 8.43. The van der Waals surface area contributed by atoms with E-state index >= 15 is 0 Å². The summed E-state index contributed by atoms with van der Waals surface area (Å²) in [6.07, 6.45) is 2.49. The van der Waals surface area contributed by atoms with Gasteiger partial charge in [-0.2, -0.15) is 0 Å². The van der Waals surface area contributed by atoms with Gasteiger partial charge >= 0.3 is 0 Å². The fourth-order valence-electron chi connectivity index (χ4n) is 1.58. The molecule has 0 amide bonds. The summed E-state index contributed by atoms with van der Waals surface area (Å²) in [4.78, 5) is 0. The molecule has 0 bridgehead atoms. The van der Waals surface area contributed by atoms with E-state index in [-0.39, 0.29) is 11.2 Å². The van der Waals surface area contributed by atoms with Crippen molar-refractivity contribution in [3.8, 4) is 0 Å². The van der Waals surface area contributed by atoms with Gasteiger partial charge in [-0.25, -0.2) is 8.42 Å². The minimum atomic E-state index is -3.06. The molecule has 0 aromatic rings. The number of hydrogen-bond acceptors (Lipinski definition) is 3. The quantitative estimate of drug-likeness (QED) is 0.699. The van der Waals surface area contributed by atoms with Gasteiger partial charge in [0, 0.05) is 6.54 Å². The molecule has 114 valence electrons. The molecule has 1 atom stereocenters. The molecule has 3 nitrogen and oxygen atoms in total. The van der Waals surface area contributed by atoms with Crippen molar-refractivity contribution < 1.29 is 8.42 Å². The van der Waals surface area contributed by atoms with Crippen molar-refractivity contribution >= 4 is 9.84 Å². The predicted octanol–water partition coefficient (Wildman–Crippen LogP) is 3.03. The molecule has 0 aliphatic heterocycles. The predicted molar refractivity (Wildman–Crippen MR) is 84.2 cm³/mol. The molecule has 0 rings (SSSR count). The maximum absolute atomic E-state index is 12.1. The van der Waals surface area contributed by atoms with Crippen LogP contribution in [0.4, 0.5) is 0 Å². The molecule has 0 aliphatic rings. The van der Waals surface area contributed by atoms with E-state index in [0.29, 0.717) is 12.3 Å². The highest BCUT2D eigenvalue weighted by atomic mass is 32.2. The lowest BCUT2D eigenvalue weighted by atomic mass is 9.87. The molecule has 0 radical (unpaired) electrons. The van der Waals surface area contributed by atoms with E-state index in [1.165, 1.54) is 0 Å². The lowest BCUT2D eigenvalue weighted by Gasteiger charge is -2.28. The zero-order chi connectivity index (χ0) is 15.3. The summed E-state index contributed by atoms with van der Waals surface area (Å²) >= 11 is 0. The molecular weight excluding hydrogens is 258 g/mol. The van der Waals surface area contributed by atoms with Crippen molar-refractivity contribution in [2.24, 2.45) is 11.3 Å². The van der Waals surface area contributed by atoms with Gasteiger partial charge in [-0.3, -0.25) is 0 Å². The van der Waals surface area contributed by atoms with Crippen molar-refractivity contribution in [1.82, 2.24) is 5.32 Å². The second-order valence-corrected chi connectivity index (χ2v) is 9.93. The summed E-state index contributed by atoms with van der Waals surface area (Å²) in [6, 6.07) is 0. The van der Waals surface area contributed by atoms with Crippen LogP contribution in [0.1, 0.15) is 48.0 Å². The molecule has 1 N–H and O–H groups in total. The minimum Gasteiger partial charge on any atom is -0.316 e. The molecule has 0 spiro atoms. The summed E-state index contributed by atoms with van der Waals surface area (Å²) in [5.41, 5.74) is -0.173. The zero-order valence-electron chi connectivity index (χ0n) is 13.4. The van der Waals surface area contributed by atoms with Gasteiger partial charge < -0.3 is 5.32 Å². The van der Waals surface area contributed by atoms with E-state index in [2.05, 4.69) is 32.7 Å². The summed E-state index contributed by atoms with van der Waals surface area (Å²) in [6.45, 7) is 17.2. The maximum Gasteiger partial charge on any atom is 0.155 e. The molecule has 0 aromatic heterocycles. The van der Waals surface area contributed by atoms with Crippen LogP contribution in [0.15, 0.2) is 12.7 Å². The van der Waals surface area contributed by atoms with Crippen LogP contribution in [0.3, 0.4) is 0 Å². The molecule has 1 unspecified atom stereocenters. The van der Waals surface area contributed by atoms with Gasteiger partial charge in [0.25, 0.3) is 0 Å². The van der Waals surface area contributed by atoms with Gasteiger partial charge in [0.2, 0.25) is 0 Å². The Morgan fingerprint density at radius 1 is 1.21 bits per heavy atom. The Balaban J connectivity index is 4.52. The third kappa shape index (κ3) is 6.57. The lowest BCUT2D eigenvalue weighted by molar-refractivity contribution is 0.367. The summed E-state index contributed by atoms with van der Waals surface area (Å²) in [5, 5.41) is 3.39. The number of rotatable bonds is 8. The van der Waals surface area contributed by atoms with Crippen LogP contribution in [-0.4, -0.2) is 32.0 Å². The van der Waals surface area contributed by atoms with Crippen LogP contribution in [0, 0.1) is 11.3 Å². The average molecular weight is 289 g/mol. The highest BCUT2D eigenvalue weighted by Gasteiger charge is 2.31. The number of nitrogens with one attached hydrogen (secondary N) is 1. The molecule has 0 aromatic carbocycles. The van der Waals surface area contributed by atoms with Crippen LogP contribution >= 0.6 is 0 Å². The van der Waals surface area contributed by atoms with Crippen LogP contribution < -0.4 is 5.32 Å². The first kappa shape index (κ1) is 18.7. The second-order valence-electron chi connectivity index (χ2n) is 7.06. The Morgan fingerprint density at radius 3 is 2.11 bits per heavy atom. The van der Waals surface area contributed by atoms with E-state index < -0.39 is 14.6 Å². The summed E-state index contributed by atoms with van der Waals surface area (Å²) < 4.78 is 23.6. The highest BCUT2D eigenvalue weighted by Crippen LogP contribution is 2.26. The van der Waals surface area contributed by atoms with E-state index in [9.17, 15) is 8.42 Å². The van der Waals surface area contributed by atoms with Crippen LogP contribution in [0.2, 0.25) is 0 Å². The van der Waals surface area contributed by atoms with Crippen molar-refractivity contribution in [3.63, 3.8) is 0 Å². The Hall–Kier alpha value is -0.350. The highest BCUT2D eigenvalue weighted by molar-refractivity contribution is 7.92. The SMILES string of the molecule is C=CC(C)(CCS(=O)(=O)C(C)(C)C)CNCC(C)C. The van der Waals surface area contributed by atoms with Crippen LogP contribution in [0.25, 0.3) is 0 Å². The molecule has 19 heavy (non-hydrogen) atoms. The van der Waals surface area contributed by atoms with Crippen molar-refractivity contribution in [3.05, 3.63) is 12.7 Å². The lowest BCUT2D eigenvalue weighted by Crippen LogP contribution is -2.36. The Labute approximate surface area is 119 Å². The van der Waals surface area contributed by atoms with E-state index in [4.69, 9.17) is 0 Å². The molecule has 0 heterocycles. The van der Waals surface area contributed by atoms with E-state index in [1.807, 2.05) is 6.08 Å². The summed E-state index contributed by atoms with van der Waals surface area (Å²) in [7, 11) is -3.06. The standard InChI is InChI=1S/C15H31NO2S/c1-8-15(7,12-16-11-13(2)3)9-10-19(17,18)14(4,5)6/h8,13,16H,1,9-12H2,2-7H3. The van der Waals surface area contributed by atoms with Gasteiger partial charge in [-0.05, 0) is 45.1 Å². The van der Waals surface area contributed by atoms with Crippen molar-refractivity contribution in [2.75, 3.05) is 18.8 Å². The van der Waals surface area contributed by atoms with Gasteiger partial charge in [-0.15, -0.1) is 6.58 Å². The van der Waals surface area contributed by atoms with E-state index in [0.717, 1.165) is 13.1 Å². The van der Waals surface area contributed by atoms with Crippen LogP contribution in [0.5, 0.6) is 0 Å². The largest absolute Gasteiger partial charge is 0.316 e. The van der Waals surface area contributed by atoms with Gasteiger partial charge in [-0.1, -0.05) is 26.8 Å². The first-order valence-corrected chi connectivity index (χ1v) is 8.65. The zero-order valence-corrected chi connectivity index (χ0v) is 14.2. The van der Waals surface area contributed by atoms with Crippen molar-refractivity contribution in [2.45, 2.75) is 52.7 Å². The average Bonchev–Trinajstić information content (AvgIpc) is 2.24. The number of sulfone groups is 1. The molecular formula is C15H31NO2S. The van der Waals surface area contributed by atoms with Crippen LogP contribution in [-0.2, 0) is 9.84 Å². The first-order valence-electron chi connectivity index (χ1n) is 7.00. The third-order valence-corrected chi connectivity index (χ3v) is 6.06. The normalized spacial score (nSPS) is 16.4.